The Morgan fingerprint density at radius 3 is 2.30 bits per heavy atom. The van der Waals surface area contributed by atoms with Gasteiger partial charge in [0.05, 0.1) is 20.8 Å². The SMILES string of the molecule is CCOc1c(OC)ccc(Br)c1CNCc1ccc(OC)cc1. The smallest absolute Gasteiger partial charge is 0.166 e. The summed E-state index contributed by atoms with van der Waals surface area (Å²) in [6.07, 6.45) is 0. The summed E-state index contributed by atoms with van der Waals surface area (Å²) in [6.45, 7) is 4.01. The van der Waals surface area contributed by atoms with Gasteiger partial charge < -0.3 is 19.5 Å². The molecular formula is C18H22BrNO3. The summed E-state index contributed by atoms with van der Waals surface area (Å²) in [5.41, 5.74) is 2.25. The lowest BCUT2D eigenvalue weighted by Gasteiger charge is -2.16. The molecule has 0 aliphatic rings. The highest BCUT2D eigenvalue weighted by atomic mass is 79.9. The van der Waals surface area contributed by atoms with Crippen molar-refractivity contribution in [2.24, 2.45) is 0 Å². The molecule has 0 aliphatic heterocycles. The Kier molecular flexibility index (Phi) is 6.74. The molecule has 0 heterocycles. The molecule has 4 nitrogen and oxygen atoms in total. The molecule has 0 bridgehead atoms. The number of halogens is 1. The highest BCUT2D eigenvalue weighted by Gasteiger charge is 2.13. The molecule has 0 amide bonds. The third kappa shape index (κ3) is 4.62. The molecule has 0 atom stereocenters. The largest absolute Gasteiger partial charge is 0.497 e. The van der Waals surface area contributed by atoms with Gasteiger partial charge in [0.2, 0.25) is 0 Å². The minimum Gasteiger partial charge on any atom is -0.497 e. The quantitative estimate of drug-likeness (QED) is 0.747. The van der Waals surface area contributed by atoms with Crippen molar-refractivity contribution >= 4 is 15.9 Å². The molecule has 2 rings (SSSR count). The summed E-state index contributed by atoms with van der Waals surface area (Å²) >= 11 is 3.59. The average Bonchev–Trinajstić information content (AvgIpc) is 2.58. The monoisotopic (exact) mass is 379 g/mol. The van der Waals surface area contributed by atoms with Crippen LogP contribution in [0.2, 0.25) is 0 Å². The number of rotatable bonds is 8. The van der Waals surface area contributed by atoms with Crippen molar-refractivity contribution in [3.05, 3.63) is 52.0 Å². The Balaban J connectivity index is 2.06. The van der Waals surface area contributed by atoms with E-state index in [2.05, 4.69) is 33.4 Å². The van der Waals surface area contributed by atoms with Crippen molar-refractivity contribution < 1.29 is 14.2 Å². The van der Waals surface area contributed by atoms with Gasteiger partial charge in [-0.3, -0.25) is 0 Å². The number of benzene rings is 2. The molecule has 0 spiro atoms. The number of ether oxygens (including phenoxy) is 3. The van der Waals surface area contributed by atoms with Crippen LogP contribution in [0.25, 0.3) is 0 Å². The van der Waals surface area contributed by atoms with Crippen LogP contribution >= 0.6 is 15.9 Å². The Hall–Kier alpha value is -1.72. The van der Waals surface area contributed by atoms with Crippen LogP contribution in [0.3, 0.4) is 0 Å². The highest BCUT2D eigenvalue weighted by molar-refractivity contribution is 9.10. The molecule has 2 aromatic carbocycles. The zero-order valence-electron chi connectivity index (χ0n) is 13.7. The van der Waals surface area contributed by atoms with E-state index in [1.807, 2.05) is 31.2 Å². The van der Waals surface area contributed by atoms with Gasteiger partial charge in [-0.2, -0.15) is 0 Å². The van der Waals surface area contributed by atoms with Gasteiger partial charge in [0.25, 0.3) is 0 Å². The van der Waals surface area contributed by atoms with E-state index >= 15 is 0 Å². The standard InChI is InChI=1S/C18H22BrNO3/c1-4-23-18-15(16(19)9-10-17(18)22-3)12-20-11-13-5-7-14(21-2)8-6-13/h5-10,20H,4,11-12H2,1-3H3. The fourth-order valence-corrected chi connectivity index (χ4v) is 2.74. The topological polar surface area (TPSA) is 39.7 Å². The zero-order valence-corrected chi connectivity index (χ0v) is 15.3. The maximum atomic E-state index is 5.76. The van der Waals surface area contributed by atoms with Crippen LogP contribution in [0.5, 0.6) is 17.2 Å². The second kappa shape index (κ2) is 8.79. The molecule has 0 saturated heterocycles. The van der Waals surface area contributed by atoms with E-state index in [0.717, 1.165) is 33.8 Å². The average molecular weight is 380 g/mol. The predicted molar refractivity (Wildman–Crippen MR) is 95.4 cm³/mol. The van der Waals surface area contributed by atoms with Gasteiger partial charge in [0.15, 0.2) is 11.5 Å². The minimum atomic E-state index is 0.596. The first-order chi connectivity index (χ1) is 11.2. The lowest BCUT2D eigenvalue weighted by molar-refractivity contribution is 0.306. The molecule has 0 aliphatic carbocycles. The summed E-state index contributed by atoms with van der Waals surface area (Å²) < 4.78 is 17.3. The van der Waals surface area contributed by atoms with Crippen LogP contribution in [0.4, 0.5) is 0 Å². The van der Waals surface area contributed by atoms with E-state index in [1.165, 1.54) is 5.56 Å². The Bertz CT molecular complexity index is 629. The summed E-state index contributed by atoms with van der Waals surface area (Å²) in [5, 5.41) is 3.44. The van der Waals surface area contributed by atoms with Crippen molar-refractivity contribution in [1.29, 1.82) is 0 Å². The van der Waals surface area contributed by atoms with Crippen LogP contribution in [0.15, 0.2) is 40.9 Å². The molecule has 2 aromatic rings. The van der Waals surface area contributed by atoms with E-state index in [1.54, 1.807) is 14.2 Å². The lowest BCUT2D eigenvalue weighted by Crippen LogP contribution is -2.14. The molecule has 0 saturated carbocycles. The fourth-order valence-electron chi connectivity index (χ4n) is 2.29. The first-order valence-corrected chi connectivity index (χ1v) is 8.30. The van der Waals surface area contributed by atoms with Gasteiger partial charge in [-0.05, 0) is 36.8 Å². The molecular weight excluding hydrogens is 358 g/mol. The van der Waals surface area contributed by atoms with Crippen LogP contribution in [0, 0.1) is 0 Å². The molecule has 0 fully saturated rings. The predicted octanol–water partition coefficient (Wildman–Crippen LogP) is 4.15. The van der Waals surface area contributed by atoms with Gasteiger partial charge in [-0.25, -0.2) is 0 Å². The summed E-state index contributed by atoms with van der Waals surface area (Å²) in [6, 6.07) is 11.9. The van der Waals surface area contributed by atoms with Crippen molar-refractivity contribution in [3.63, 3.8) is 0 Å². The Morgan fingerprint density at radius 2 is 1.70 bits per heavy atom. The van der Waals surface area contributed by atoms with E-state index in [0.29, 0.717) is 13.2 Å². The van der Waals surface area contributed by atoms with Crippen molar-refractivity contribution in [2.45, 2.75) is 20.0 Å². The van der Waals surface area contributed by atoms with Gasteiger partial charge >= 0.3 is 0 Å². The maximum absolute atomic E-state index is 5.76. The summed E-state index contributed by atoms with van der Waals surface area (Å²) in [7, 11) is 3.32. The normalized spacial score (nSPS) is 10.4. The molecule has 1 N–H and O–H groups in total. The first-order valence-electron chi connectivity index (χ1n) is 7.51. The van der Waals surface area contributed by atoms with Crippen molar-refractivity contribution in [2.75, 3.05) is 20.8 Å². The lowest BCUT2D eigenvalue weighted by atomic mass is 10.1. The van der Waals surface area contributed by atoms with E-state index in [9.17, 15) is 0 Å². The van der Waals surface area contributed by atoms with Crippen LogP contribution in [-0.2, 0) is 13.1 Å². The molecule has 0 unspecified atom stereocenters. The molecule has 0 aromatic heterocycles. The molecule has 124 valence electrons. The molecule has 5 heteroatoms. The Labute approximate surface area is 145 Å². The zero-order chi connectivity index (χ0) is 16.7. The maximum Gasteiger partial charge on any atom is 0.166 e. The number of methoxy groups -OCH3 is 2. The van der Waals surface area contributed by atoms with Crippen molar-refractivity contribution in [1.82, 2.24) is 5.32 Å². The van der Waals surface area contributed by atoms with Gasteiger partial charge in [-0.15, -0.1) is 0 Å². The third-order valence-electron chi connectivity index (χ3n) is 3.47. The van der Waals surface area contributed by atoms with Gasteiger partial charge in [0.1, 0.15) is 5.75 Å². The second-order valence-corrected chi connectivity index (χ2v) is 5.80. The summed E-state index contributed by atoms with van der Waals surface area (Å²) in [4.78, 5) is 0. The van der Waals surface area contributed by atoms with Gasteiger partial charge in [-0.1, -0.05) is 28.1 Å². The van der Waals surface area contributed by atoms with Gasteiger partial charge in [0, 0.05) is 23.1 Å². The van der Waals surface area contributed by atoms with E-state index in [4.69, 9.17) is 14.2 Å². The summed E-state index contributed by atoms with van der Waals surface area (Å²) in [5.74, 6) is 2.39. The van der Waals surface area contributed by atoms with Crippen LogP contribution in [0.1, 0.15) is 18.1 Å². The second-order valence-electron chi connectivity index (χ2n) is 4.94. The van der Waals surface area contributed by atoms with Crippen LogP contribution in [-0.4, -0.2) is 20.8 Å². The van der Waals surface area contributed by atoms with E-state index < -0.39 is 0 Å². The van der Waals surface area contributed by atoms with Crippen molar-refractivity contribution in [3.8, 4) is 17.2 Å². The molecule has 23 heavy (non-hydrogen) atoms. The number of hydrogen-bond donors (Lipinski definition) is 1. The Morgan fingerprint density at radius 1 is 0.957 bits per heavy atom. The number of nitrogens with one attached hydrogen (secondary N) is 1. The minimum absolute atomic E-state index is 0.596. The first kappa shape index (κ1) is 17.6. The highest BCUT2D eigenvalue weighted by Crippen LogP contribution is 2.36. The third-order valence-corrected chi connectivity index (χ3v) is 4.21. The molecule has 0 radical (unpaired) electrons. The van der Waals surface area contributed by atoms with E-state index in [-0.39, 0.29) is 0 Å². The number of hydrogen-bond acceptors (Lipinski definition) is 4. The van der Waals surface area contributed by atoms with Crippen LogP contribution < -0.4 is 19.5 Å². The fraction of sp³-hybridized carbons (Fsp3) is 0.333.